The van der Waals surface area contributed by atoms with Crippen LogP contribution in [-0.4, -0.2) is 35.2 Å². The molecule has 0 radical (unpaired) electrons. The van der Waals surface area contributed by atoms with Gasteiger partial charge in [-0.25, -0.2) is 4.98 Å². The first-order valence-electron chi connectivity index (χ1n) is 6.79. The van der Waals surface area contributed by atoms with Crippen LogP contribution in [0.4, 0.5) is 5.82 Å². The summed E-state index contributed by atoms with van der Waals surface area (Å²) in [7, 11) is 0. The number of aliphatic hydroxyl groups excluding tert-OH is 1. The Morgan fingerprint density at radius 1 is 1.26 bits per heavy atom. The third-order valence-corrected chi connectivity index (χ3v) is 4.21. The number of aromatic nitrogens is 1. The fourth-order valence-corrected chi connectivity index (χ4v) is 2.91. The van der Waals surface area contributed by atoms with Gasteiger partial charge in [0.1, 0.15) is 5.82 Å². The van der Waals surface area contributed by atoms with Gasteiger partial charge in [0.05, 0.1) is 23.9 Å². The van der Waals surface area contributed by atoms with E-state index in [1.807, 2.05) is 13.8 Å². The van der Waals surface area contributed by atoms with Gasteiger partial charge in [-0.1, -0.05) is 0 Å². The van der Waals surface area contributed by atoms with Gasteiger partial charge in [-0.3, -0.25) is 4.79 Å². The summed E-state index contributed by atoms with van der Waals surface area (Å²) in [4.78, 5) is 18.7. The number of amides is 1. The van der Waals surface area contributed by atoms with E-state index in [9.17, 15) is 9.90 Å². The van der Waals surface area contributed by atoms with Crippen LogP contribution in [0, 0.1) is 13.8 Å². The molecular formula is C14H19N3O2. The van der Waals surface area contributed by atoms with Crippen molar-refractivity contribution in [3.05, 3.63) is 22.4 Å². The van der Waals surface area contributed by atoms with Crippen LogP contribution in [0.3, 0.4) is 0 Å². The van der Waals surface area contributed by atoms with E-state index in [2.05, 4.69) is 15.2 Å². The largest absolute Gasteiger partial charge is 0.393 e. The van der Waals surface area contributed by atoms with E-state index in [-0.39, 0.29) is 12.0 Å². The number of rotatable bonds is 1. The number of anilines is 1. The van der Waals surface area contributed by atoms with Crippen molar-refractivity contribution in [3.8, 4) is 0 Å². The molecule has 1 fully saturated rings. The SMILES string of the molecule is Cc1c(N2CCC(O)CC2)nc2c(c1C)C(=O)NC2. The first-order valence-corrected chi connectivity index (χ1v) is 6.79. The molecule has 3 rings (SSSR count). The number of piperidine rings is 1. The maximum absolute atomic E-state index is 11.8. The van der Waals surface area contributed by atoms with Crippen molar-refractivity contribution < 1.29 is 9.90 Å². The van der Waals surface area contributed by atoms with Gasteiger partial charge in [-0.05, 0) is 37.8 Å². The van der Waals surface area contributed by atoms with E-state index in [1.54, 1.807) is 0 Å². The van der Waals surface area contributed by atoms with E-state index < -0.39 is 0 Å². The molecule has 19 heavy (non-hydrogen) atoms. The number of hydrogen-bond donors (Lipinski definition) is 2. The van der Waals surface area contributed by atoms with Gasteiger partial charge in [0, 0.05) is 13.1 Å². The number of carbonyl (C=O) groups is 1. The van der Waals surface area contributed by atoms with E-state index in [4.69, 9.17) is 0 Å². The summed E-state index contributed by atoms with van der Waals surface area (Å²) in [6, 6.07) is 0. The summed E-state index contributed by atoms with van der Waals surface area (Å²) in [6.45, 7) is 6.19. The number of fused-ring (bicyclic) bond motifs is 1. The molecular weight excluding hydrogens is 242 g/mol. The van der Waals surface area contributed by atoms with Crippen molar-refractivity contribution in [1.29, 1.82) is 0 Å². The van der Waals surface area contributed by atoms with E-state index in [1.165, 1.54) is 0 Å². The van der Waals surface area contributed by atoms with E-state index >= 15 is 0 Å². The number of pyridine rings is 1. The number of nitrogens with one attached hydrogen (secondary N) is 1. The Labute approximate surface area is 112 Å². The molecule has 0 aliphatic carbocycles. The predicted octanol–water partition coefficient (Wildman–Crippen LogP) is 0.903. The molecule has 1 aromatic rings. The Balaban J connectivity index is 1.99. The summed E-state index contributed by atoms with van der Waals surface area (Å²) in [5.74, 6) is 0.961. The van der Waals surface area contributed by atoms with E-state index in [0.29, 0.717) is 6.54 Å². The summed E-state index contributed by atoms with van der Waals surface area (Å²) >= 11 is 0. The average molecular weight is 261 g/mol. The molecule has 0 spiro atoms. The molecule has 0 saturated carbocycles. The lowest BCUT2D eigenvalue weighted by Gasteiger charge is -2.32. The van der Waals surface area contributed by atoms with Gasteiger partial charge >= 0.3 is 0 Å². The minimum absolute atomic E-state index is 0.0104. The molecule has 5 heteroatoms. The maximum atomic E-state index is 11.8. The Morgan fingerprint density at radius 2 is 1.95 bits per heavy atom. The highest BCUT2D eigenvalue weighted by molar-refractivity contribution is 5.99. The van der Waals surface area contributed by atoms with Crippen molar-refractivity contribution in [1.82, 2.24) is 10.3 Å². The molecule has 1 amide bonds. The van der Waals surface area contributed by atoms with Crippen LogP contribution in [0.15, 0.2) is 0 Å². The molecule has 1 aromatic heterocycles. The van der Waals surface area contributed by atoms with Gasteiger partial charge in [0.2, 0.25) is 0 Å². The van der Waals surface area contributed by atoms with Gasteiger partial charge in [0.15, 0.2) is 0 Å². The Hall–Kier alpha value is -1.62. The molecule has 5 nitrogen and oxygen atoms in total. The molecule has 0 atom stereocenters. The first kappa shape index (κ1) is 12.4. The van der Waals surface area contributed by atoms with Crippen LogP contribution >= 0.6 is 0 Å². The topological polar surface area (TPSA) is 65.5 Å². The monoisotopic (exact) mass is 261 g/mol. The second-order valence-corrected chi connectivity index (χ2v) is 5.41. The van der Waals surface area contributed by atoms with Crippen LogP contribution < -0.4 is 10.2 Å². The molecule has 102 valence electrons. The standard InChI is InChI=1S/C14H19N3O2/c1-8-9(2)13(17-5-3-10(18)4-6-17)16-11-7-15-14(19)12(8)11/h10,18H,3-7H2,1-2H3,(H,15,19). The summed E-state index contributed by atoms with van der Waals surface area (Å²) in [5.41, 5.74) is 3.71. The normalized spacial score (nSPS) is 19.5. The quantitative estimate of drug-likeness (QED) is 0.788. The molecule has 0 unspecified atom stereocenters. The molecule has 0 aromatic carbocycles. The predicted molar refractivity (Wildman–Crippen MR) is 72.3 cm³/mol. The van der Waals surface area contributed by atoms with Gasteiger partial charge < -0.3 is 15.3 Å². The van der Waals surface area contributed by atoms with Crippen molar-refractivity contribution in [2.24, 2.45) is 0 Å². The van der Waals surface area contributed by atoms with Gasteiger partial charge in [-0.2, -0.15) is 0 Å². The summed E-state index contributed by atoms with van der Waals surface area (Å²) in [5, 5.41) is 12.4. The highest BCUT2D eigenvalue weighted by Gasteiger charge is 2.28. The van der Waals surface area contributed by atoms with Gasteiger partial charge in [0.25, 0.3) is 5.91 Å². The highest BCUT2D eigenvalue weighted by Crippen LogP contribution is 2.29. The van der Waals surface area contributed by atoms with Crippen LogP contribution in [0.5, 0.6) is 0 Å². The number of aliphatic hydroxyl groups is 1. The molecule has 2 aliphatic heterocycles. The lowest BCUT2D eigenvalue weighted by atomic mass is 10.0. The maximum Gasteiger partial charge on any atom is 0.253 e. The summed E-state index contributed by atoms with van der Waals surface area (Å²) in [6.07, 6.45) is 1.39. The molecule has 2 N–H and O–H groups in total. The minimum Gasteiger partial charge on any atom is -0.393 e. The van der Waals surface area contributed by atoms with Gasteiger partial charge in [-0.15, -0.1) is 0 Å². The second-order valence-electron chi connectivity index (χ2n) is 5.41. The zero-order valence-corrected chi connectivity index (χ0v) is 11.4. The fourth-order valence-electron chi connectivity index (χ4n) is 2.91. The number of carbonyl (C=O) groups excluding carboxylic acids is 1. The molecule has 0 bridgehead atoms. The van der Waals surface area contributed by atoms with E-state index in [0.717, 1.165) is 54.1 Å². The number of nitrogens with zero attached hydrogens (tertiary/aromatic N) is 2. The number of hydrogen-bond acceptors (Lipinski definition) is 4. The zero-order valence-electron chi connectivity index (χ0n) is 11.4. The highest BCUT2D eigenvalue weighted by atomic mass is 16.3. The Bertz CT molecular complexity index is 534. The van der Waals surface area contributed by atoms with Crippen molar-refractivity contribution in [2.45, 2.75) is 39.3 Å². The van der Waals surface area contributed by atoms with Crippen molar-refractivity contribution in [3.63, 3.8) is 0 Å². The van der Waals surface area contributed by atoms with Crippen LogP contribution in [0.25, 0.3) is 0 Å². The minimum atomic E-state index is -0.185. The van der Waals surface area contributed by atoms with Crippen LogP contribution in [0.1, 0.15) is 40.0 Å². The Kier molecular flexibility index (Phi) is 2.93. The molecule has 3 heterocycles. The molecule has 1 saturated heterocycles. The third-order valence-electron chi connectivity index (χ3n) is 4.21. The lowest BCUT2D eigenvalue weighted by molar-refractivity contribution is 0.0965. The fraction of sp³-hybridized carbons (Fsp3) is 0.571. The Morgan fingerprint density at radius 3 is 2.63 bits per heavy atom. The third kappa shape index (κ3) is 1.98. The first-order chi connectivity index (χ1) is 9.08. The van der Waals surface area contributed by atoms with Crippen molar-refractivity contribution in [2.75, 3.05) is 18.0 Å². The van der Waals surface area contributed by atoms with Crippen LogP contribution in [-0.2, 0) is 6.54 Å². The van der Waals surface area contributed by atoms with Crippen LogP contribution in [0.2, 0.25) is 0 Å². The molecule has 2 aliphatic rings. The average Bonchev–Trinajstić information content (AvgIpc) is 2.77. The summed E-state index contributed by atoms with van der Waals surface area (Å²) < 4.78 is 0. The smallest absolute Gasteiger partial charge is 0.253 e. The lowest BCUT2D eigenvalue weighted by Crippen LogP contribution is -2.37. The second kappa shape index (κ2) is 4.49. The zero-order chi connectivity index (χ0) is 13.6. The van der Waals surface area contributed by atoms with Crippen molar-refractivity contribution >= 4 is 11.7 Å².